The maximum Gasteiger partial charge on any atom is 0.187 e. The lowest BCUT2D eigenvalue weighted by molar-refractivity contribution is -0.111. The number of benzene rings is 1. The Morgan fingerprint density at radius 1 is 1.45 bits per heavy atom. The second-order valence-corrected chi connectivity index (χ2v) is 5.52. The van der Waals surface area contributed by atoms with Crippen LogP contribution in [0, 0.1) is 12.5 Å². The lowest BCUT2D eigenvalue weighted by Gasteiger charge is -2.13. The van der Waals surface area contributed by atoms with Crippen molar-refractivity contribution in [1.82, 2.24) is 4.57 Å². The maximum atomic E-state index is 11.3. The number of aromatic nitrogens is 1. The fourth-order valence-corrected chi connectivity index (χ4v) is 3.48. The molecular weight excluding hydrogens is 248 g/mol. The fraction of sp³-hybridized carbons (Fsp3) is 0.412. The molecule has 0 amide bonds. The van der Waals surface area contributed by atoms with Crippen molar-refractivity contribution in [2.75, 3.05) is 0 Å². The summed E-state index contributed by atoms with van der Waals surface area (Å²) < 4.78 is 2.22. The molecule has 1 aliphatic rings. The monoisotopic (exact) mass is 266 g/mol. The summed E-state index contributed by atoms with van der Waals surface area (Å²) in [6.07, 6.45) is 6.50. The van der Waals surface area contributed by atoms with Crippen molar-refractivity contribution in [1.29, 1.82) is 0 Å². The van der Waals surface area contributed by atoms with Crippen molar-refractivity contribution in [3.8, 4) is 0 Å². The van der Waals surface area contributed by atoms with Gasteiger partial charge in [-0.15, -0.1) is 0 Å². The zero-order valence-electron chi connectivity index (χ0n) is 11.7. The van der Waals surface area contributed by atoms with Crippen molar-refractivity contribution in [3.05, 3.63) is 41.4 Å². The van der Waals surface area contributed by atoms with E-state index in [4.69, 9.17) is 6.57 Å². The highest BCUT2D eigenvalue weighted by Gasteiger charge is 2.30. The van der Waals surface area contributed by atoms with E-state index in [2.05, 4.69) is 22.5 Å². The van der Waals surface area contributed by atoms with Gasteiger partial charge in [0, 0.05) is 24.2 Å². The first kappa shape index (κ1) is 12.9. The van der Waals surface area contributed by atoms with Gasteiger partial charge in [-0.05, 0) is 48.8 Å². The SMILES string of the molecule is [C-]#[N+]c1ccc2c(c1)c([C@H]1CCC[C@@H]1C=O)cn2CC. The van der Waals surface area contributed by atoms with Crippen LogP contribution in [0.1, 0.15) is 37.7 Å². The molecule has 3 heteroatoms. The normalized spacial score (nSPS) is 22.0. The van der Waals surface area contributed by atoms with Gasteiger partial charge in [0.1, 0.15) is 6.29 Å². The molecule has 0 saturated heterocycles. The molecule has 1 heterocycles. The van der Waals surface area contributed by atoms with Gasteiger partial charge in [0.15, 0.2) is 5.69 Å². The Kier molecular flexibility index (Phi) is 3.31. The van der Waals surface area contributed by atoms with Crippen LogP contribution in [0.15, 0.2) is 24.4 Å². The topological polar surface area (TPSA) is 26.4 Å². The molecule has 0 spiro atoms. The third-order valence-electron chi connectivity index (χ3n) is 4.51. The quantitative estimate of drug-likeness (QED) is 0.601. The molecule has 0 aliphatic heterocycles. The van der Waals surface area contributed by atoms with E-state index in [0.717, 1.165) is 37.5 Å². The van der Waals surface area contributed by atoms with E-state index in [1.807, 2.05) is 18.2 Å². The molecule has 20 heavy (non-hydrogen) atoms. The standard InChI is InChI=1S/C17H18N2O/c1-3-19-10-16(14-6-4-5-12(14)11-20)15-9-13(18-2)7-8-17(15)19/h7-12,14H,3-6H2,1H3/t12-,14+/m1/s1. The van der Waals surface area contributed by atoms with Crippen molar-refractivity contribution in [3.63, 3.8) is 0 Å². The van der Waals surface area contributed by atoms with Crippen LogP contribution >= 0.6 is 0 Å². The van der Waals surface area contributed by atoms with Crippen LogP contribution in [0.4, 0.5) is 5.69 Å². The second-order valence-electron chi connectivity index (χ2n) is 5.52. The summed E-state index contributed by atoms with van der Waals surface area (Å²) in [5.74, 6) is 0.464. The molecule has 0 unspecified atom stereocenters. The second kappa shape index (κ2) is 5.13. The van der Waals surface area contributed by atoms with Gasteiger partial charge in [0.2, 0.25) is 0 Å². The average molecular weight is 266 g/mol. The smallest absolute Gasteiger partial charge is 0.187 e. The summed E-state index contributed by atoms with van der Waals surface area (Å²) in [7, 11) is 0. The highest BCUT2D eigenvalue weighted by Crippen LogP contribution is 2.42. The minimum atomic E-state index is 0.141. The van der Waals surface area contributed by atoms with Gasteiger partial charge in [0.25, 0.3) is 0 Å². The number of hydrogen-bond donors (Lipinski definition) is 0. The van der Waals surface area contributed by atoms with Gasteiger partial charge < -0.3 is 9.36 Å². The fourth-order valence-electron chi connectivity index (χ4n) is 3.48. The van der Waals surface area contributed by atoms with E-state index in [1.165, 1.54) is 11.1 Å². The average Bonchev–Trinajstić information content (AvgIpc) is 3.09. The minimum absolute atomic E-state index is 0.141. The summed E-state index contributed by atoms with van der Waals surface area (Å²) in [6.45, 7) is 10.2. The molecule has 0 radical (unpaired) electrons. The van der Waals surface area contributed by atoms with Crippen molar-refractivity contribution < 1.29 is 4.79 Å². The van der Waals surface area contributed by atoms with Gasteiger partial charge in [0.05, 0.1) is 6.57 Å². The number of hydrogen-bond acceptors (Lipinski definition) is 1. The van der Waals surface area contributed by atoms with Crippen LogP contribution in [-0.2, 0) is 11.3 Å². The molecule has 1 saturated carbocycles. The van der Waals surface area contributed by atoms with Gasteiger partial charge in [-0.1, -0.05) is 12.5 Å². The van der Waals surface area contributed by atoms with E-state index >= 15 is 0 Å². The summed E-state index contributed by atoms with van der Waals surface area (Å²) in [4.78, 5) is 14.8. The molecule has 0 bridgehead atoms. The van der Waals surface area contributed by atoms with E-state index < -0.39 is 0 Å². The Labute approximate surface area is 119 Å². The van der Waals surface area contributed by atoms with Crippen molar-refractivity contribution in [2.24, 2.45) is 5.92 Å². The van der Waals surface area contributed by atoms with E-state index in [9.17, 15) is 4.79 Å². The number of nitrogens with zero attached hydrogens (tertiary/aromatic N) is 2. The molecule has 3 rings (SSSR count). The molecular formula is C17H18N2O. The Bertz CT molecular complexity index is 693. The number of aldehydes is 1. The molecule has 1 aliphatic carbocycles. The summed E-state index contributed by atoms with van der Waals surface area (Å²) >= 11 is 0. The number of rotatable bonds is 3. The van der Waals surface area contributed by atoms with Gasteiger partial charge in [-0.25, -0.2) is 4.85 Å². The molecule has 102 valence electrons. The molecule has 2 aromatic rings. The summed E-state index contributed by atoms with van der Waals surface area (Å²) in [6, 6.07) is 5.88. The Hall–Kier alpha value is -2.08. The lowest BCUT2D eigenvalue weighted by atomic mass is 9.89. The van der Waals surface area contributed by atoms with Gasteiger partial charge >= 0.3 is 0 Å². The zero-order valence-corrected chi connectivity index (χ0v) is 11.7. The van der Waals surface area contributed by atoms with Crippen molar-refractivity contribution >= 4 is 22.9 Å². The maximum absolute atomic E-state index is 11.3. The summed E-state index contributed by atoms with van der Waals surface area (Å²) in [5, 5.41) is 1.15. The van der Waals surface area contributed by atoms with Crippen LogP contribution in [0.5, 0.6) is 0 Å². The lowest BCUT2D eigenvalue weighted by Crippen LogP contribution is -2.06. The first-order valence-electron chi connectivity index (χ1n) is 7.24. The minimum Gasteiger partial charge on any atom is -0.348 e. The number of aryl methyl sites for hydroxylation is 1. The number of carbonyl (C=O) groups excluding carboxylic acids is 1. The highest BCUT2D eigenvalue weighted by atomic mass is 16.1. The molecule has 1 aromatic heterocycles. The largest absolute Gasteiger partial charge is 0.348 e. The molecule has 3 nitrogen and oxygen atoms in total. The highest BCUT2D eigenvalue weighted by molar-refractivity contribution is 5.88. The molecule has 1 aromatic carbocycles. The van der Waals surface area contributed by atoms with Crippen LogP contribution < -0.4 is 0 Å². The van der Waals surface area contributed by atoms with E-state index in [0.29, 0.717) is 11.6 Å². The van der Waals surface area contributed by atoms with E-state index in [1.54, 1.807) is 0 Å². The summed E-state index contributed by atoms with van der Waals surface area (Å²) in [5.41, 5.74) is 3.10. The number of fused-ring (bicyclic) bond motifs is 1. The van der Waals surface area contributed by atoms with Crippen LogP contribution in [0.25, 0.3) is 15.7 Å². The van der Waals surface area contributed by atoms with Gasteiger partial charge in [-0.3, -0.25) is 0 Å². The molecule has 1 fully saturated rings. The van der Waals surface area contributed by atoms with Crippen LogP contribution in [-0.4, -0.2) is 10.9 Å². The van der Waals surface area contributed by atoms with Crippen molar-refractivity contribution in [2.45, 2.75) is 38.6 Å². The zero-order chi connectivity index (χ0) is 14.1. The predicted octanol–water partition coefficient (Wildman–Crippen LogP) is 4.29. The van der Waals surface area contributed by atoms with Crippen LogP contribution in [0.2, 0.25) is 0 Å². The van der Waals surface area contributed by atoms with Gasteiger partial charge in [-0.2, -0.15) is 0 Å². The van der Waals surface area contributed by atoms with Crippen LogP contribution in [0.3, 0.4) is 0 Å². The Morgan fingerprint density at radius 3 is 3.00 bits per heavy atom. The first-order valence-corrected chi connectivity index (χ1v) is 7.24. The third-order valence-corrected chi connectivity index (χ3v) is 4.51. The molecule has 2 atom stereocenters. The first-order chi connectivity index (χ1) is 9.78. The van der Waals surface area contributed by atoms with E-state index in [-0.39, 0.29) is 5.92 Å². The Morgan fingerprint density at radius 2 is 2.30 bits per heavy atom. The molecule has 0 N–H and O–H groups in total. The number of carbonyl (C=O) groups is 1. The third kappa shape index (κ3) is 1.92. The predicted molar refractivity (Wildman–Crippen MR) is 80.0 cm³/mol. The Balaban J connectivity index is 2.19.